The fourth-order valence-corrected chi connectivity index (χ4v) is 1.30. The molecule has 10 heteroatoms. The van der Waals surface area contributed by atoms with Crippen molar-refractivity contribution in [3.63, 3.8) is 0 Å². The van der Waals surface area contributed by atoms with Crippen LogP contribution in [0.2, 0.25) is 0 Å². The molecule has 0 heterocycles. The maximum absolute atomic E-state index is 12.1. The molecule has 0 fully saturated rings. The van der Waals surface area contributed by atoms with Gasteiger partial charge >= 0.3 is 11.9 Å². The van der Waals surface area contributed by atoms with Gasteiger partial charge in [0, 0.05) is 0 Å². The molecule has 0 aromatic rings. The van der Waals surface area contributed by atoms with Crippen molar-refractivity contribution in [1.29, 1.82) is 0 Å². The summed E-state index contributed by atoms with van der Waals surface area (Å²) in [5.74, 6) is -2.62. The molecule has 8 nitrogen and oxygen atoms in total. The normalized spacial score (nSPS) is 15.9. The highest BCUT2D eigenvalue weighted by Crippen LogP contribution is 2.10. The lowest BCUT2D eigenvalue weighted by Gasteiger charge is -2.19. The second kappa shape index (κ2) is 11.2. The molecule has 0 aromatic heterocycles. The van der Waals surface area contributed by atoms with Gasteiger partial charge in [-0.3, -0.25) is 9.59 Å². The molecular formula is C12H26F2N4O4. The summed E-state index contributed by atoms with van der Waals surface area (Å²) in [7, 11) is 0. The van der Waals surface area contributed by atoms with Gasteiger partial charge in [-0.1, -0.05) is 0 Å². The minimum atomic E-state index is -1.74. The number of hydrogen-bond acceptors (Lipinski definition) is 6. The molecule has 10 N–H and O–H groups in total. The summed E-state index contributed by atoms with van der Waals surface area (Å²) in [6.07, 6.45) is 1.00. The molecule has 0 saturated carbocycles. The van der Waals surface area contributed by atoms with Gasteiger partial charge < -0.3 is 33.1 Å². The molecule has 1 unspecified atom stereocenters. The highest BCUT2D eigenvalue weighted by Gasteiger charge is 2.33. The Morgan fingerprint density at radius 1 is 0.818 bits per heavy atom. The molecule has 22 heavy (non-hydrogen) atoms. The third-order valence-electron chi connectivity index (χ3n) is 2.98. The van der Waals surface area contributed by atoms with Gasteiger partial charge in [-0.2, -0.15) is 0 Å². The zero-order valence-electron chi connectivity index (χ0n) is 12.4. The molecule has 0 aliphatic heterocycles. The molecule has 0 rings (SSSR count). The van der Waals surface area contributed by atoms with E-state index < -0.39 is 36.4 Å². The van der Waals surface area contributed by atoms with Crippen LogP contribution >= 0.6 is 0 Å². The molecule has 0 amide bonds. The van der Waals surface area contributed by atoms with E-state index in [4.69, 9.17) is 33.1 Å². The van der Waals surface area contributed by atoms with Gasteiger partial charge in [0.15, 0.2) is 0 Å². The summed E-state index contributed by atoms with van der Waals surface area (Å²) in [4.78, 5) is 20.7. The van der Waals surface area contributed by atoms with Crippen molar-refractivity contribution in [2.24, 2.45) is 22.9 Å². The monoisotopic (exact) mass is 328 g/mol. The Labute approximate surface area is 127 Å². The summed E-state index contributed by atoms with van der Waals surface area (Å²) < 4.78 is 24.1. The van der Waals surface area contributed by atoms with Crippen molar-refractivity contribution < 1.29 is 28.6 Å². The first-order chi connectivity index (χ1) is 10.1. The topological polar surface area (TPSA) is 179 Å². The zero-order chi connectivity index (χ0) is 17.8. The maximum Gasteiger partial charge on any atom is 0.326 e. The van der Waals surface area contributed by atoms with Crippen LogP contribution < -0.4 is 22.9 Å². The van der Waals surface area contributed by atoms with Crippen molar-refractivity contribution in [3.8, 4) is 0 Å². The molecule has 0 saturated heterocycles. The Bertz CT molecular complexity index is 317. The molecule has 132 valence electrons. The number of nitrogens with two attached hydrogens (primary N) is 4. The fourth-order valence-electron chi connectivity index (χ4n) is 1.30. The zero-order valence-corrected chi connectivity index (χ0v) is 12.4. The van der Waals surface area contributed by atoms with Crippen LogP contribution in [0.3, 0.4) is 0 Å². The third-order valence-corrected chi connectivity index (χ3v) is 2.98. The molecular weight excluding hydrogens is 302 g/mol. The van der Waals surface area contributed by atoms with E-state index in [-0.39, 0.29) is 12.8 Å². The second-order valence-electron chi connectivity index (χ2n) is 4.97. The van der Waals surface area contributed by atoms with E-state index in [0.717, 1.165) is 0 Å². The highest BCUT2D eigenvalue weighted by molar-refractivity contribution is 5.79. The average molecular weight is 328 g/mol. The summed E-state index contributed by atoms with van der Waals surface area (Å²) >= 11 is 0. The van der Waals surface area contributed by atoms with Crippen molar-refractivity contribution in [2.75, 3.05) is 26.4 Å². The Morgan fingerprint density at radius 3 is 1.23 bits per heavy atom. The lowest BCUT2D eigenvalue weighted by molar-refractivity contribution is -0.145. The molecule has 0 spiro atoms. The van der Waals surface area contributed by atoms with Crippen LogP contribution in [0.15, 0.2) is 0 Å². The molecule has 0 aliphatic carbocycles. The Balaban J connectivity index is 0. The van der Waals surface area contributed by atoms with Crippen molar-refractivity contribution in [1.82, 2.24) is 0 Å². The van der Waals surface area contributed by atoms with Crippen LogP contribution in [0.1, 0.15) is 25.7 Å². The van der Waals surface area contributed by atoms with Crippen molar-refractivity contribution >= 4 is 11.9 Å². The largest absolute Gasteiger partial charge is 0.480 e. The lowest BCUT2D eigenvalue weighted by atomic mass is 9.97. The first-order valence-corrected chi connectivity index (χ1v) is 6.70. The van der Waals surface area contributed by atoms with E-state index in [1.807, 2.05) is 0 Å². The second-order valence-corrected chi connectivity index (χ2v) is 4.97. The summed E-state index contributed by atoms with van der Waals surface area (Å²) in [6.45, 7) is -1.46. The van der Waals surface area contributed by atoms with Gasteiger partial charge in [-0.15, -0.1) is 0 Å². The standard InChI is InChI=1S/2C6H13FN2O2/c2*7-4-6(9,5(10)11)2-1-3-8/h2*1-4,8-9H2,(H,10,11)/t6-;/m1./s1. The van der Waals surface area contributed by atoms with Crippen molar-refractivity contribution in [3.05, 3.63) is 0 Å². The van der Waals surface area contributed by atoms with E-state index in [9.17, 15) is 18.4 Å². The van der Waals surface area contributed by atoms with E-state index in [2.05, 4.69) is 0 Å². The minimum Gasteiger partial charge on any atom is -0.480 e. The minimum absolute atomic E-state index is 0.0787. The summed E-state index contributed by atoms with van der Waals surface area (Å²) in [5.41, 5.74) is 17.2. The molecule has 0 bridgehead atoms. The van der Waals surface area contributed by atoms with Crippen LogP contribution in [0.4, 0.5) is 8.78 Å². The lowest BCUT2D eigenvalue weighted by Crippen LogP contribution is -2.50. The molecule has 0 aromatic carbocycles. The van der Waals surface area contributed by atoms with E-state index in [0.29, 0.717) is 25.9 Å². The SMILES string of the molecule is NCCCC(N)(CF)C(=O)O.NCCC[C@@](N)(CF)C(=O)O. The number of alkyl halides is 2. The predicted molar refractivity (Wildman–Crippen MR) is 77.6 cm³/mol. The van der Waals surface area contributed by atoms with E-state index >= 15 is 0 Å². The summed E-state index contributed by atoms with van der Waals surface area (Å²) in [6, 6.07) is 0. The smallest absolute Gasteiger partial charge is 0.326 e. The van der Waals surface area contributed by atoms with Crippen LogP contribution in [0.25, 0.3) is 0 Å². The van der Waals surface area contributed by atoms with Gasteiger partial charge in [0.1, 0.15) is 24.4 Å². The van der Waals surface area contributed by atoms with Crippen molar-refractivity contribution in [2.45, 2.75) is 36.8 Å². The van der Waals surface area contributed by atoms with Gasteiger partial charge in [0.05, 0.1) is 0 Å². The van der Waals surface area contributed by atoms with Gasteiger partial charge in [0.2, 0.25) is 0 Å². The maximum atomic E-state index is 12.1. The predicted octanol–water partition coefficient (Wildman–Crippen LogP) is -1.05. The third kappa shape index (κ3) is 8.17. The van der Waals surface area contributed by atoms with Gasteiger partial charge in [0.25, 0.3) is 0 Å². The molecule has 0 radical (unpaired) electrons. The van der Waals surface area contributed by atoms with Crippen LogP contribution in [-0.2, 0) is 9.59 Å². The number of carboxylic acid groups (broad SMARTS) is 2. The average Bonchev–Trinajstić information content (AvgIpc) is 2.50. The fraction of sp³-hybridized carbons (Fsp3) is 0.833. The van der Waals surface area contributed by atoms with E-state index in [1.165, 1.54) is 0 Å². The number of carbonyl (C=O) groups is 2. The summed E-state index contributed by atoms with van der Waals surface area (Å²) in [5, 5.41) is 16.9. The first-order valence-electron chi connectivity index (χ1n) is 6.70. The Morgan fingerprint density at radius 2 is 1.09 bits per heavy atom. The Hall–Kier alpha value is -1.36. The number of carboxylic acids is 2. The van der Waals surface area contributed by atoms with Crippen LogP contribution in [0, 0.1) is 0 Å². The van der Waals surface area contributed by atoms with Crippen LogP contribution in [-0.4, -0.2) is 59.7 Å². The number of rotatable bonds is 10. The number of halogens is 2. The first kappa shape index (κ1) is 22.9. The number of aliphatic carboxylic acids is 2. The highest BCUT2D eigenvalue weighted by atomic mass is 19.1. The quantitative estimate of drug-likeness (QED) is 0.294. The molecule has 2 atom stereocenters. The molecule has 0 aliphatic rings. The van der Waals surface area contributed by atoms with Gasteiger partial charge in [-0.05, 0) is 38.8 Å². The Kier molecular flexibility index (Phi) is 11.7. The van der Waals surface area contributed by atoms with Gasteiger partial charge in [-0.25, -0.2) is 8.78 Å². The van der Waals surface area contributed by atoms with Crippen LogP contribution in [0.5, 0.6) is 0 Å². The number of hydrogen-bond donors (Lipinski definition) is 6. The van der Waals surface area contributed by atoms with E-state index in [1.54, 1.807) is 0 Å².